The predicted octanol–water partition coefficient (Wildman–Crippen LogP) is 7.11. The van der Waals surface area contributed by atoms with E-state index in [0.29, 0.717) is 29.7 Å². The second kappa shape index (κ2) is 16.7. The van der Waals surface area contributed by atoms with Gasteiger partial charge in [0.2, 0.25) is 11.8 Å². The van der Waals surface area contributed by atoms with Crippen molar-refractivity contribution in [2.45, 2.75) is 70.6 Å². The molecule has 2 N–H and O–H groups in total. The Morgan fingerprint density at radius 1 is 0.902 bits per heavy atom. The molecule has 0 unspecified atom stereocenters. The Bertz CT molecular complexity index is 1640. The summed E-state index contributed by atoms with van der Waals surface area (Å²) < 4.78 is 0. The highest BCUT2D eigenvalue weighted by atomic mass is 35.5. The summed E-state index contributed by atoms with van der Waals surface area (Å²) in [6.07, 6.45) is 15.0. The van der Waals surface area contributed by atoms with Crippen LogP contribution in [0.15, 0.2) is 67.4 Å². The number of hydrogen-bond acceptors (Lipinski definition) is 6. The monoisotopic (exact) mass is 708 g/mol. The molecule has 8 nitrogen and oxygen atoms in total. The number of nitrogens with one attached hydrogen (secondary N) is 2. The van der Waals surface area contributed by atoms with E-state index in [0.717, 1.165) is 111 Å². The molecule has 1 aromatic heterocycles. The lowest BCUT2D eigenvalue weighted by atomic mass is 9.51. The SMILES string of the molecule is C=CC(=O)Nc1cccc(CCc2nc(Cc3ccc(N4CCN(CCCCNC(=O)CC5C6CC7CC(C6)CC5C7)CC4)cc3)ncc2Cl)c1. The number of unbranched alkanes of at least 4 members (excludes halogenated alkanes) is 1. The molecule has 0 radical (unpaired) electrons. The van der Waals surface area contributed by atoms with Crippen LogP contribution in [-0.2, 0) is 28.9 Å². The highest BCUT2D eigenvalue weighted by Crippen LogP contribution is 2.57. The molecule has 2 aromatic carbocycles. The van der Waals surface area contributed by atoms with E-state index in [1.165, 1.54) is 49.4 Å². The molecule has 3 aromatic rings. The minimum atomic E-state index is -0.229. The highest BCUT2D eigenvalue weighted by Gasteiger charge is 2.48. The number of halogens is 1. The van der Waals surface area contributed by atoms with Crippen molar-refractivity contribution >= 4 is 34.8 Å². The van der Waals surface area contributed by atoms with Gasteiger partial charge in [0.25, 0.3) is 0 Å². The Balaban J connectivity index is 0.797. The van der Waals surface area contributed by atoms with Gasteiger partial charge in [-0.25, -0.2) is 9.97 Å². The molecule has 4 aliphatic carbocycles. The third-order valence-electron chi connectivity index (χ3n) is 12.0. The average Bonchev–Trinajstić information content (AvgIpc) is 3.13. The number of rotatable bonds is 15. The van der Waals surface area contributed by atoms with Crippen LogP contribution in [0, 0.1) is 29.6 Å². The lowest BCUT2D eigenvalue weighted by molar-refractivity contribution is -0.126. The molecule has 0 spiro atoms. The van der Waals surface area contributed by atoms with Crippen molar-refractivity contribution in [3.63, 3.8) is 0 Å². The molecule has 9 heteroatoms. The maximum Gasteiger partial charge on any atom is 0.247 e. The Labute approximate surface area is 308 Å². The summed E-state index contributed by atoms with van der Waals surface area (Å²) in [5, 5.41) is 6.64. The number of piperazine rings is 1. The van der Waals surface area contributed by atoms with E-state index in [1.54, 1.807) is 6.20 Å². The van der Waals surface area contributed by atoms with Gasteiger partial charge in [-0.3, -0.25) is 14.5 Å². The lowest BCUT2D eigenvalue weighted by Crippen LogP contribution is -2.47. The predicted molar refractivity (Wildman–Crippen MR) is 205 cm³/mol. The molecular weight excluding hydrogens is 656 g/mol. The number of amides is 2. The largest absolute Gasteiger partial charge is 0.369 e. The number of aryl methyl sites for hydroxylation is 2. The molecule has 0 atom stereocenters. The molecule has 2 heterocycles. The van der Waals surface area contributed by atoms with Crippen molar-refractivity contribution in [3.8, 4) is 0 Å². The quantitative estimate of drug-likeness (QED) is 0.129. The molecule has 5 fully saturated rings. The molecule has 5 aliphatic rings. The van der Waals surface area contributed by atoms with Gasteiger partial charge < -0.3 is 15.5 Å². The minimum Gasteiger partial charge on any atom is -0.369 e. The summed E-state index contributed by atoms with van der Waals surface area (Å²) in [5.74, 6) is 5.08. The molecule has 2 amide bonds. The molecule has 4 bridgehead atoms. The Morgan fingerprint density at radius 2 is 1.65 bits per heavy atom. The van der Waals surface area contributed by atoms with Crippen LogP contribution in [0.3, 0.4) is 0 Å². The van der Waals surface area contributed by atoms with E-state index in [9.17, 15) is 9.59 Å². The average molecular weight is 709 g/mol. The summed E-state index contributed by atoms with van der Waals surface area (Å²) >= 11 is 6.49. The first-order valence-electron chi connectivity index (χ1n) is 19.2. The summed E-state index contributed by atoms with van der Waals surface area (Å²) in [6.45, 7) is 9.60. The van der Waals surface area contributed by atoms with Gasteiger partial charge in [-0.2, -0.15) is 0 Å². The summed E-state index contributed by atoms with van der Waals surface area (Å²) in [6, 6.07) is 16.6. The fraction of sp³-hybridized carbons (Fsp3) is 0.524. The number of carbonyl (C=O) groups excluding carboxylic acids is 2. The zero-order valence-corrected chi connectivity index (χ0v) is 30.6. The molecule has 270 valence electrons. The maximum absolute atomic E-state index is 12.8. The zero-order valence-electron chi connectivity index (χ0n) is 29.9. The number of hydrogen-bond donors (Lipinski definition) is 2. The van der Waals surface area contributed by atoms with E-state index in [1.807, 2.05) is 24.3 Å². The zero-order chi connectivity index (χ0) is 35.2. The van der Waals surface area contributed by atoms with E-state index in [2.05, 4.69) is 56.3 Å². The summed E-state index contributed by atoms with van der Waals surface area (Å²) in [4.78, 5) is 38.8. The maximum atomic E-state index is 12.8. The van der Waals surface area contributed by atoms with Gasteiger partial charge in [0.1, 0.15) is 5.82 Å². The van der Waals surface area contributed by atoms with Crippen LogP contribution in [0.4, 0.5) is 11.4 Å². The molecule has 4 saturated carbocycles. The topological polar surface area (TPSA) is 90.5 Å². The second-order valence-electron chi connectivity index (χ2n) is 15.5. The number of carbonyl (C=O) groups is 2. The van der Waals surface area contributed by atoms with Crippen LogP contribution >= 0.6 is 11.6 Å². The fourth-order valence-electron chi connectivity index (χ4n) is 9.55. The first-order valence-corrected chi connectivity index (χ1v) is 19.6. The molecule has 1 saturated heterocycles. The van der Waals surface area contributed by atoms with Gasteiger partial charge in [-0.15, -0.1) is 0 Å². The highest BCUT2D eigenvalue weighted by molar-refractivity contribution is 6.31. The molecular formula is C42H53ClN6O2. The molecule has 51 heavy (non-hydrogen) atoms. The van der Waals surface area contributed by atoms with E-state index in [-0.39, 0.29) is 5.91 Å². The van der Waals surface area contributed by atoms with E-state index in [4.69, 9.17) is 16.6 Å². The van der Waals surface area contributed by atoms with Crippen LogP contribution in [0.25, 0.3) is 0 Å². The van der Waals surface area contributed by atoms with Crippen LogP contribution in [0.1, 0.15) is 74.0 Å². The van der Waals surface area contributed by atoms with Gasteiger partial charge in [-0.05, 0) is 135 Å². The normalized spacial score (nSPS) is 24.0. The van der Waals surface area contributed by atoms with Crippen LogP contribution in [0.5, 0.6) is 0 Å². The Morgan fingerprint density at radius 3 is 2.37 bits per heavy atom. The fourth-order valence-corrected chi connectivity index (χ4v) is 9.73. The van der Waals surface area contributed by atoms with E-state index >= 15 is 0 Å². The van der Waals surface area contributed by atoms with Crippen molar-refractivity contribution in [2.24, 2.45) is 29.6 Å². The van der Waals surface area contributed by atoms with E-state index < -0.39 is 0 Å². The van der Waals surface area contributed by atoms with Crippen molar-refractivity contribution in [1.82, 2.24) is 20.2 Å². The van der Waals surface area contributed by atoms with Gasteiger partial charge >= 0.3 is 0 Å². The lowest BCUT2D eigenvalue weighted by Gasteiger charge is -2.54. The Hall–Kier alpha value is -3.75. The molecule has 8 rings (SSSR count). The number of anilines is 2. The van der Waals surface area contributed by atoms with Crippen molar-refractivity contribution in [2.75, 3.05) is 49.5 Å². The minimum absolute atomic E-state index is 0.229. The van der Waals surface area contributed by atoms with Gasteiger partial charge in [0.05, 0.1) is 10.7 Å². The Kier molecular flexibility index (Phi) is 11.7. The van der Waals surface area contributed by atoms with Crippen LogP contribution in [0.2, 0.25) is 5.02 Å². The number of aromatic nitrogens is 2. The van der Waals surface area contributed by atoms with Crippen molar-refractivity contribution in [3.05, 3.63) is 95.1 Å². The second-order valence-corrected chi connectivity index (χ2v) is 15.9. The van der Waals surface area contributed by atoms with Crippen molar-refractivity contribution in [1.29, 1.82) is 0 Å². The first kappa shape index (κ1) is 35.6. The van der Waals surface area contributed by atoms with Gasteiger partial charge in [-0.1, -0.05) is 42.4 Å². The third-order valence-corrected chi connectivity index (χ3v) is 12.3. The van der Waals surface area contributed by atoms with Crippen LogP contribution in [-0.4, -0.2) is 66.0 Å². The first-order chi connectivity index (χ1) is 24.9. The molecule has 1 aliphatic heterocycles. The number of nitrogens with zero attached hydrogens (tertiary/aromatic N) is 4. The van der Waals surface area contributed by atoms with Crippen molar-refractivity contribution < 1.29 is 9.59 Å². The number of benzene rings is 2. The standard InChI is InChI=1S/C42H53ClN6O2/c1-2-41(50)46-35-7-5-6-29(25-35)10-13-39-38(43)28-45-40(47-39)26-30-8-11-36(12-9-30)49-18-16-48(17-19-49)15-4-3-14-44-42(51)27-37-33-21-31-20-32(23-33)24-34(37)22-31/h2,5-9,11-12,25,28,31-34,37H,1,3-4,10,13-24,26-27H2,(H,44,51)(H,46,50). The van der Waals surface area contributed by atoms with Gasteiger partial charge in [0.15, 0.2) is 0 Å². The summed E-state index contributed by atoms with van der Waals surface area (Å²) in [7, 11) is 0. The van der Waals surface area contributed by atoms with Gasteiger partial charge in [0, 0.05) is 63.1 Å². The van der Waals surface area contributed by atoms with Crippen LogP contribution < -0.4 is 15.5 Å². The third kappa shape index (κ3) is 9.38. The smallest absolute Gasteiger partial charge is 0.247 e. The summed E-state index contributed by atoms with van der Waals surface area (Å²) in [5.41, 5.74) is 5.08.